The fourth-order valence-electron chi connectivity index (χ4n) is 0.447. The number of hydrogen-bond donors (Lipinski definition) is 2. The van der Waals surface area contributed by atoms with Gasteiger partial charge in [0, 0.05) is 24.7 Å². The minimum Gasteiger partial charge on any atom is -0.478 e. The Morgan fingerprint density at radius 3 is 2.13 bits per heavy atom. The van der Waals surface area contributed by atoms with E-state index in [2.05, 4.69) is 13.2 Å². The van der Waals surface area contributed by atoms with Crippen LogP contribution in [0.25, 0.3) is 0 Å². The maximum absolute atomic E-state index is 10.1. The molecule has 5 nitrogen and oxygen atoms in total. The molecule has 0 amide bonds. The number of rotatable bonds is 6. The van der Waals surface area contributed by atoms with Crippen molar-refractivity contribution in [1.82, 2.24) is 0 Å². The number of hydrogen-bond acceptors (Lipinski definition) is 3. The molecule has 0 aromatic rings. The standard InChI is InChI=1S/C7H12O3.C3H4O2/c1-3-10-5-4-6(2)7(8)9;1-2-3(4)5/h2-5H2,1H3,(H,8,9);2H,1H2,(H,4,5). The average molecular weight is 216 g/mol. The van der Waals surface area contributed by atoms with Gasteiger partial charge in [0.05, 0.1) is 6.61 Å². The predicted octanol–water partition coefficient (Wildman–Crippen LogP) is 1.31. The third-order valence-electron chi connectivity index (χ3n) is 1.23. The molecular weight excluding hydrogens is 200 g/mol. The second kappa shape index (κ2) is 10.5. The van der Waals surface area contributed by atoms with E-state index in [0.717, 1.165) is 6.08 Å². The van der Waals surface area contributed by atoms with E-state index in [1.165, 1.54) is 0 Å². The first-order valence-electron chi connectivity index (χ1n) is 4.29. The summed E-state index contributed by atoms with van der Waals surface area (Å²) in [5.41, 5.74) is 0.202. The van der Waals surface area contributed by atoms with E-state index < -0.39 is 11.9 Å². The van der Waals surface area contributed by atoms with Gasteiger partial charge in [-0.1, -0.05) is 13.2 Å². The Kier molecular flexibility index (Phi) is 11.0. The molecule has 0 bridgehead atoms. The van der Waals surface area contributed by atoms with Gasteiger partial charge in [0.15, 0.2) is 0 Å². The molecular formula is C10H16O5. The molecule has 2 N–H and O–H groups in total. The molecule has 0 unspecified atom stereocenters. The lowest BCUT2D eigenvalue weighted by Gasteiger charge is -1.99. The fourth-order valence-corrected chi connectivity index (χ4v) is 0.447. The van der Waals surface area contributed by atoms with Crippen LogP contribution in [0.2, 0.25) is 0 Å². The van der Waals surface area contributed by atoms with Crippen molar-refractivity contribution in [2.45, 2.75) is 13.3 Å². The zero-order valence-corrected chi connectivity index (χ0v) is 8.73. The topological polar surface area (TPSA) is 83.8 Å². The molecule has 0 radical (unpaired) electrons. The van der Waals surface area contributed by atoms with Gasteiger partial charge in [-0.3, -0.25) is 0 Å². The van der Waals surface area contributed by atoms with E-state index in [9.17, 15) is 9.59 Å². The molecule has 0 aliphatic carbocycles. The summed E-state index contributed by atoms with van der Waals surface area (Å²) in [5, 5.41) is 15.9. The maximum Gasteiger partial charge on any atom is 0.331 e. The smallest absolute Gasteiger partial charge is 0.331 e. The summed E-state index contributed by atoms with van der Waals surface area (Å²) in [7, 11) is 0. The molecule has 0 aromatic carbocycles. The Hall–Kier alpha value is -1.62. The summed E-state index contributed by atoms with van der Waals surface area (Å²) in [6.45, 7) is 9.24. The van der Waals surface area contributed by atoms with Crippen LogP contribution in [0.5, 0.6) is 0 Å². The minimum absolute atomic E-state index is 0.202. The number of ether oxygens (including phenoxy) is 1. The molecule has 0 rings (SSSR count). The third kappa shape index (κ3) is 15.2. The molecule has 0 atom stereocenters. The molecule has 0 saturated carbocycles. The third-order valence-corrected chi connectivity index (χ3v) is 1.23. The molecule has 0 aromatic heterocycles. The van der Waals surface area contributed by atoms with E-state index in [0.29, 0.717) is 19.6 Å². The monoisotopic (exact) mass is 216 g/mol. The lowest BCUT2D eigenvalue weighted by atomic mass is 10.2. The largest absolute Gasteiger partial charge is 0.478 e. The molecule has 0 heterocycles. The van der Waals surface area contributed by atoms with Gasteiger partial charge >= 0.3 is 11.9 Å². The number of carbonyl (C=O) groups is 2. The van der Waals surface area contributed by atoms with Crippen molar-refractivity contribution in [1.29, 1.82) is 0 Å². The maximum atomic E-state index is 10.1. The Morgan fingerprint density at radius 1 is 1.40 bits per heavy atom. The molecule has 0 fully saturated rings. The second-order valence-corrected chi connectivity index (χ2v) is 2.40. The van der Waals surface area contributed by atoms with Gasteiger partial charge in [-0.05, 0) is 6.92 Å². The summed E-state index contributed by atoms with van der Waals surface area (Å²) in [6.07, 6.45) is 1.24. The molecule has 15 heavy (non-hydrogen) atoms. The van der Waals surface area contributed by atoms with Crippen LogP contribution in [-0.4, -0.2) is 35.4 Å². The van der Waals surface area contributed by atoms with Crippen molar-refractivity contribution in [2.24, 2.45) is 0 Å². The van der Waals surface area contributed by atoms with E-state index in [-0.39, 0.29) is 5.57 Å². The normalized spacial score (nSPS) is 8.33. The molecule has 5 heteroatoms. The average Bonchev–Trinajstić information content (AvgIpc) is 2.18. The van der Waals surface area contributed by atoms with E-state index in [1.807, 2.05) is 6.92 Å². The van der Waals surface area contributed by atoms with E-state index in [1.54, 1.807) is 0 Å². The Morgan fingerprint density at radius 2 is 1.87 bits per heavy atom. The van der Waals surface area contributed by atoms with Crippen LogP contribution in [0, 0.1) is 0 Å². The fraction of sp³-hybridized carbons (Fsp3) is 0.400. The van der Waals surface area contributed by atoms with Crippen LogP contribution in [-0.2, 0) is 14.3 Å². The van der Waals surface area contributed by atoms with Crippen molar-refractivity contribution in [2.75, 3.05) is 13.2 Å². The lowest BCUT2D eigenvalue weighted by Crippen LogP contribution is -2.03. The second-order valence-electron chi connectivity index (χ2n) is 2.40. The first-order chi connectivity index (χ1) is 6.95. The van der Waals surface area contributed by atoms with Gasteiger partial charge in [-0.15, -0.1) is 0 Å². The predicted molar refractivity (Wildman–Crippen MR) is 55.7 cm³/mol. The highest BCUT2D eigenvalue weighted by Gasteiger charge is 2.01. The quantitative estimate of drug-likeness (QED) is 0.516. The zero-order chi connectivity index (χ0) is 12.3. The Bertz CT molecular complexity index is 232. The summed E-state index contributed by atoms with van der Waals surface area (Å²) in [4.78, 5) is 19.4. The summed E-state index contributed by atoms with van der Waals surface area (Å²) in [6, 6.07) is 0. The highest BCUT2D eigenvalue weighted by Crippen LogP contribution is 1.96. The molecule has 0 aliphatic rings. The highest BCUT2D eigenvalue weighted by molar-refractivity contribution is 5.85. The lowest BCUT2D eigenvalue weighted by molar-refractivity contribution is -0.133. The number of carboxylic acid groups (broad SMARTS) is 2. The molecule has 0 aliphatic heterocycles. The minimum atomic E-state index is -0.981. The first-order valence-corrected chi connectivity index (χ1v) is 4.29. The van der Waals surface area contributed by atoms with Crippen molar-refractivity contribution in [3.63, 3.8) is 0 Å². The Labute approximate surface area is 88.7 Å². The van der Waals surface area contributed by atoms with Crippen LogP contribution in [0.1, 0.15) is 13.3 Å². The van der Waals surface area contributed by atoms with Crippen LogP contribution >= 0.6 is 0 Å². The van der Waals surface area contributed by atoms with Gasteiger partial charge in [0.25, 0.3) is 0 Å². The number of aliphatic carboxylic acids is 2. The van der Waals surface area contributed by atoms with Gasteiger partial charge in [0.1, 0.15) is 0 Å². The van der Waals surface area contributed by atoms with E-state index >= 15 is 0 Å². The highest BCUT2D eigenvalue weighted by atomic mass is 16.5. The van der Waals surface area contributed by atoms with Crippen LogP contribution in [0.15, 0.2) is 24.8 Å². The van der Waals surface area contributed by atoms with Gasteiger partial charge in [-0.25, -0.2) is 9.59 Å². The molecule has 0 saturated heterocycles. The summed E-state index contributed by atoms with van der Waals surface area (Å²) in [5.74, 6) is -1.93. The van der Waals surface area contributed by atoms with Crippen LogP contribution in [0.3, 0.4) is 0 Å². The summed E-state index contributed by atoms with van der Waals surface area (Å²) < 4.78 is 4.93. The van der Waals surface area contributed by atoms with Crippen LogP contribution in [0.4, 0.5) is 0 Å². The SMILES string of the molecule is C=C(CCOCC)C(=O)O.C=CC(=O)O. The first kappa shape index (κ1) is 15.8. The summed E-state index contributed by atoms with van der Waals surface area (Å²) >= 11 is 0. The number of carboxylic acids is 2. The van der Waals surface area contributed by atoms with Gasteiger partial charge in [-0.2, -0.15) is 0 Å². The molecule has 0 spiro atoms. The van der Waals surface area contributed by atoms with Gasteiger partial charge < -0.3 is 14.9 Å². The van der Waals surface area contributed by atoms with Crippen molar-refractivity contribution < 1.29 is 24.5 Å². The van der Waals surface area contributed by atoms with Crippen molar-refractivity contribution in [3.8, 4) is 0 Å². The van der Waals surface area contributed by atoms with E-state index in [4.69, 9.17) is 14.9 Å². The molecule has 86 valence electrons. The Balaban J connectivity index is 0. The van der Waals surface area contributed by atoms with Crippen molar-refractivity contribution >= 4 is 11.9 Å². The zero-order valence-electron chi connectivity index (χ0n) is 8.73. The van der Waals surface area contributed by atoms with Gasteiger partial charge in [0.2, 0.25) is 0 Å². The van der Waals surface area contributed by atoms with Crippen LogP contribution < -0.4 is 0 Å². The van der Waals surface area contributed by atoms with Crippen molar-refractivity contribution in [3.05, 3.63) is 24.8 Å².